The van der Waals surface area contributed by atoms with Crippen LogP contribution in [-0.2, 0) is 11.3 Å². The number of hydrogen-bond donors (Lipinski definition) is 3. The fourth-order valence-electron chi connectivity index (χ4n) is 2.51. The van der Waals surface area contributed by atoms with E-state index in [1.807, 2.05) is 13.1 Å². The van der Waals surface area contributed by atoms with Crippen LogP contribution in [0.25, 0.3) is 0 Å². The van der Waals surface area contributed by atoms with E-state index in [9.17, 15) is 14.7 Å². The molecular formula is C13H20N4O3. The molecule has 0 radical (unpaired) electrons. The van der Waals surface area contributed by atoms with E-state index >= 15 is 0 Å². The Morgan fingerprint density at radius 1 is 1.45 bits per heavy atom. The van der Waals surface area contributed by atoms with Crippen LogP contribution < -0.4 is 10.6 Å². The lowest BCUT2D eigenvalue weighted by Gasteiger charge is -2.25. The molecule has 1 aliphatic carbocycles. The van der Waals surface area contributed by atoms with Crippen molar-refractivity contribution in [1.29, 1.82) is 0 Å². The summed E-state index contributed by atoms with van der Waals surface area (Å²) < 4.78 is 1.73. The number of aryl methyl sites for hydroxylation is 1. The SMILES string of the molecule is Cc1cnn(CCNC(=O)NC2(C(=O)O)CCCC2)c1. The van der Waals surface area contributed by atoms with Crippen molar-refractivity contribution in [3.63, 3.8) is 0 Å². The Bertz CT molecular complexity index is 492. The molecule has 1 fully saturated rings. The van der Waals surface area contributed by atoms with Crippen molar-refractivity contribution in [3.05, 3.63) is 18.0 Å². The molecule has 7 heteroatoms. The number of nitrogens with zero attached hydrogens (tertiary/aromatic N) is 2. The third-order valence-electron chi connectivity index (χ3n) is 3.61. The van der Waals surface area contributed by atoms with Gasteiger partial charge in [0.1, 0.15) is 5.54 Å². The largest absolute Gasteiger partial charge is 0.480 e. The van der Waals surface area contributed by atoms with Gasteiger partial charge < -0.3 is 15.7 Å². The monoisotopic (exact) mass is 280 g/mol. The molecular weight excluding hydrogens is 260 g/mol. The van der Waals surface area contributed by atoms with Gasteiger partial charge in [-0.25, -0.2) is 9.59 Å². The molecule has 110 valence electrons. The molecule has 0 aromatic carbocycles. The van der Waals surface area contributed by atoms with E-state index in [4.69, 9.17) is 0 Å². The zero-order valence-corrected chi connectivity index (χ0v) is 11.6. The van der Waals surface area contributed by atoms with Crippen LogP contribution in [0, 0.1) is 6.92 Å². The molecule has 20 heavy (non-hydrogen) atoms. The Balaban J connectivity index is 1.78. The van der Waals surface area contributed by atoms with Crippen LogP contribution in [0.3, 0.4) is 0 Å². The van der Waals surface area contributed by atoms with E-state index in [-0.39, 0.29) is 0 Å². The van der Waals surface area contributed by atoms with Crippen molar-refractivity contribution in [2.24, 2.45) is 0 Å². The molecule has 0 unspecified atom stereocenters. The van der Waals surface area contributed by atoms with Gasteiger partial charge in [0.25, 0.3) is 0 Å². The molecule has 1 aromatic rings. The number of aromatic nitrogens is 2. The minimum Gasteiger partial charge on any atom is -0.480 e. The molecule has 0 atom stereocenters. The van der Waals surface area contributed by atoms with Crippen LogP contribution in [0.4, 0.5) is 4.79 Å². The molecule has 1 aliphatic rings. The van der Waals surface area contributed by atoms with Gasteiger partial charge in [-0.15, -0.1) is 0 Å². The molecule has 0 bridgehead atoms. The van der Waals surface area contributed by atoms with Gasteiger partial charge in [0.2, 0.25) is 0 Å². The normalized spacial score (nSPS) is 16.9. The van der Waals surface area contributed by atoms with E-state index in [1.165, 1.54) is 0 Å². The molecule has 0 aliphatic heterocycles. The lowest BCUT2D eigenvalue weighted by Crippen LogP contribution is -2.55. The van der Waals surface area contributed by atoms with Gasteiger partial charge in [0, 0.05) is 12.7 Å². The van der Waals surface area contributed by atoms with Gasteiger partial charge in [-0.3, -0.25) is 4.68 Å². The van der Waals surface area contributed by atoms with E-state index in [0.717, 1.165) is 18.4 Å². The number of carboxylic acids is 1. The number of amides is 2. The third kappa shape index (κ3) is 3.28. The molecule has 3 N–H and O–H groups in total. The number of carbonyl (C=O) groups is 2. The highest BCUT2D eigenvalue weighted by molar-refractivity contribution is 5.86. The molecule has 7 nitrogen and oxygen atoms in total. The highest BCUT2D eigenvalue weighted by atomic mass is 16.4. The molecule has 2 amide bonds. The molecule has 1 heterocycles. The predicted octanol–water partition coefficient (Wildman–Crippen LogP) is 0.888. The van der Waals surface area contributed by atoms with Crippen molar-refractivity contribution in [2.45, 2.75) is 44.7 Å². The molecule has 2 rings (SSSR count). The summed E-state index contributed by atoms with van der Waals surface area (Å²) in [6, 6.07) is -0.432. The quantitative estimate of drug-likeness (QED) is 0.746. The number of urea groups is 1. The van der Waals surface area contributed by atoms with Crippen LogP contribution >= 0.6 is 0 Å². The van der Waals surface area contributed by atoms with E-state index in [2.05, 4.69) is 15.7 Å². The number of hydrogen-bond acceptors (Lipinski definition) is 3. The Morgan fingerprint density at radius 3 is 2.70 bits per heavy atom. The third-order valence-corrected chi connectivity index (χ3v) is 3.61. The first-order valence-electron chi connectivity index (χ1n) is 6.80. The van der Waals surface area contributed by atoms with Gasteiger partial charge in [-0.1, -0.05) is 12.8 Å². The summed E-state index contributed by atoms with van der Waals surface area (Å²) in [4.78, 5) is 23.1. The standard InChI is InChI=1S/C13H20N4O3/c1-10-8-15-17(9-10)7-6-14-12(20)16-13(11(18)19)4-2-3-5-13/h8-9H,2-7H2,1H3,(H,18,19)(H2,14,16,20). The summed E-state index contributed by atoms with van der Waals surface area (Å²) in [7, 11) is 0. The molecule has 1 saturated carbocycles. The first-order chi connectivity index (χ1) is 9.52. The summed E-state index contributed by atoms with van der Waals surface area (Å²) >= 11 is 0. The Labute approximate surface area is 117 Å². The van der Waals surface area contributed by atoms with Crippen molar-refractivity contribution in [3.8, 4) is 0 Å². The second-order valence-corrected chi connectivity index (χ2v) is 5.26. The smallest absolute Gasteiger partial charge is 0.329 e. The van der Waals surface area contributed by atoms with Crippen molar-refractivity contribution >= 4 is 12.0 Å². The number of nitrogens with one attached hydrogen (secondary N) is 2. The van der Waals surface area contributed by atoms with Crippen molar-refractivity contribution < 1.29 is 14.7 Å². The molecule has 0 spiro atoms. The predicted molar refractivity (Wildman–Crippen MR) is 72.3 cm³/mol. The maximum absolute atomic E-state index is 11.8. The van der Waals surface area contributed by atoms with Crippen molar-refractivity contribution in [2.75, 3.05) is 6.54 Å². The highest BCUT2D eigenvalue weighted by Crippen LogP contribution is 2.29. The summed E-state index contributed by atoms with van der Waals surface area (Å²) in [5.74, 6) is -0.951. The van der Waals surface area contributed by atoms with Crippen LogP contribution in [-0.4, -0.2) is 39.0 Å². The fraction of sp³-hybridized carbons (Fsp3) is 0.615. The minimum atomic E-state index is -1.09. The zero-order chi connectivity index (χ0) is 14.6. The molecule has 1 aromatic heterocycles. The lowest BCUT2D eigenvalue weighted by atomic mass is 9.98. The number of rotatable bonds is 5. The first kappa shape index (κ1) is 14.4. The van der Waals surface area contributed by atoms with Crippen LogP contribution in [0.2, 0.25) is 0 Å². The summed E-state index contributed by atoms with van der Waals surface area (Å²) in [6.07, 6.45) is 6.29. The minimum absolute atomic E-state index is 0.405. The van der Waals surface area contributed by atoms with Crippen LogP contribution in [0.5, 0.6) is 0 Å². The van der Waals surface area contributed by atoms with Gasteiger partial charge in [0.15, 0.2) is 0 Å². The average molecular weight is 280 g/mol. The van der Waals surface area contributed by atoms with Crippen molar-refractivity contribution in [1.82, 2.24) is 20.4 Å². The number of carboxylic acid groups (broad SMARTS) is 1. The Morgan fingerprint density at radius 2 is 2.15 bits per heavy atom. The Hall–Kier alpha value is -2.05. The summed E-state index contributed by atoms with van der Waals surface area (Å²) in [5, 5.41) is 18.6. The van der Waals surface area contributed by atoms with Gasteiger partial charge in [-0.2, -0.15) is 5.10 Å². The van der Waals surface area contributed by atoms with Gasteiger partial charge in [-0.05, 0) is 25.3 Å². The second-order valence-electron chi connectivity index (χ2n) is 5.26. The van der Waals surface area contributed by atoms with E-state index in [0.29, 0.717) is 25.9 Å². The second kappa shape index (κ2) is 5.94. The van der Waals surface area contributed by atoms with E-state index in [1.54, 1.807) is 10.9 Å². The molecule has 0 saturated heterocycles. The van der Waals surface area contributed by atoms with Gasteiger partial charge in [0.05, 0.1) is 12.7 Å². The fourth-order valence-corrected chi connectivity index (χ4v) is 2.51. The van der Waals surface area contributed by atoms with Crippen LogP contribution in [0.15, 0.2) is 12.4 Å². The maximum atomic E-state index is 11.8. The maximum Gasteiger partial charge on any atom is 0.329 e. The van der Waals surface area contributed by atoms with Gasteiger partial charge >= 0.3 is 12.0 Å². The zero-order valence-electron chi connectivity index (χ0n) is 11.6. The average Bonchev–Trinajstić information content (AvgIpc) is 2.99. The number of aliphatic carboxylic acids is 1. The topological polar surface area (TPSA) is 96.3 Å². The summed E-state index contributed by atoms with van der Waals surface area (Å²) in [5.41, 5.74) is -0.0305. The highest BCUT2D eigenvalue weighted by Gasteiger charge is 2.42. The first-order valence-corrected chi connectivity index (χ1v) is 6.80. The number of carbonyl (C=O) groups excluding carboxylic acids is 1. The Kier molecular flexibility index (Phi) is 4.26. The lowest BCUT2D eigenvalue weighted by molar-refractivity contribution is -0.144. The summed E-state index contributed by atoms with van der Waals surface area (Å²) in [6.45, 7) is 2.91. The van der Waals surface area contributed by atoms with Crippen LogP contribution in [0.1, 0.15) is 31.2 Å². The van der Waals surface area contributed by atoms with E-state index < -0.39 is 17.5 Å².